The van der Waals surface area contributed by atoms with E-state index in [0.717, 1.165) is 12.8 Å². The largest absolute Gasteiger partial charge is 0.480 e. The van der Waals surface area contributed by atoms with Gasteiger partial charge in [0.15, 0.2) is 0 Å². The van der Waals surface area contributed by atoms with Crippen LogP contribution in [-0.4, -0.2) is 28.7 Å². The molecule has 4 nitrogen and oxygen atoms in total. The molecular formula is C14H20F3NO3. The van der Waals surface area contributed by atoms with E-state index in [1.807, 2.05) is 0 Å². The van der Waals surface area contributed by atoms with Gasteiger partial charge in [-0.15, -0.1) is 0 Å². The summed E-state index contributed by atoms with van der Waals surface area (Å²) in [5.74, 6) is -3.43. The van der Waals surface area contributed by atoms with E-state index in [2.05, 4.69) is 5.32 Å². The van der Waals surface area contributed by atoms with Gasteiger partial charge in [0, 0.05) is 5.92 Å². The molecule has 2 rings (SSSR count). The minimum absolute atomic E-state index is 0.0607. The molecule has 120 valence electrons. The maximum absolute atomic E-state index is 12.6. The van der Waals surface area contributed by atoms with Crippen LogP contribution in [0.25, 0.3) is 0 Å². The van der Waals surface area contributed by atoms with Crippen molar-refractivity contribution < 1.29 is 27.9 Å². The molecule has 7 heteroatoms. The molecule has 0 aromatic carbocycles. The predicted octanol–water partition coefficient (Wildman–Crippen LogP) is 2.72. The Kier molecular flexibility index (Phi) is 4.22. The van der Waals surface area contributed by atoms with Gasteiger partial charge in [-0.1, -0.05) is 0 Å². The van der Waals surface area contributed by atoms with Crippen LogP contribution in [0.5, 0.6) is 0 Å². The van der Waals surface area contributed by atoms with Gasteiger partial charge in [-0.25, -0.2) is 4.79 Å². The minimum Gasteiger partial charge on any atom is -0.480 e. The first-order valence-corrected chi connectivity index (χ1v) is 7.26. The summed E-state index contributed by atoms with van der Waals surface area (Å²) in [5.41, 5.74) is -1.29. The fourth-order valence-corrected chi connectivity index (χ4v) is 3.03. The molecule has 2 fully saturated rings. The average Bonchev–Trinajstić information content (AvgIpc) is 3.22. The van der Waals surface area contributed by atoms with Gasteiger partial charge in [-0.05, 0) is 51.4 Å². The Morgan fingerprint density at radius 1 is 1.00 bits per heavy atom. The van der Waals surface area contributed by atoms with E-state index in [9.17, 15) is 27.9 Å². The minimum atomic E-state index is -4.20. The monoisotopic (exact) mass is 307 g/mol. The van der Waals surface area contributed by atoms with Crippen LogP contribution in [0.15, 0.2) is 0 Å². The molecule has 2 aliphatic rings. The Bertz CT molecular complexity index is 426. The number of carbonyl (C=O) groups is 2. The topological polar surface area (TPSA) is 66.4 Å². The molecule has 1 atom stereocenters. The van der Waals surface area contributed by atoms with Crippen molar-refractivity contribution in [3.63, 3.8) is 0 Å². The molecular weight excluding hydrogens is 287 g/mol. The summed E-state index contributed by atoms with van der Waals surface area (Å²) in [6.07, 6.45) is -2.49. The molecule has 2 N–H and O–H groups in total. The highest BCUT2D eigenvalue weighted by Gasteiger charge is 2.50. The van der Waals surface area contributed by atoms with Crippen molar-refractivity contribution in [1.29, 1.82) is 0 Å². The zero-order valence-electron chi connectivity index (χ0n) is 11.9. The number of carbonyl (C=O) groups excluding carboxylic acids is 1. The van der Waals surface area contributed by atoms with Gasteiger partial charge < -0.3 is 10.4 Å². The van der Waals surface area contributed by atoms with Crippen LogP contribution in [0.3, 0.4) is 0 Å². The second kappa shape index (κ2) is 5.50. The lowest BCUT2D eigenvalue weighted by molar-refractivity contribution is -0.184. The first-order valence-electron chi connectivity index (χ1n) is 7.26. The van der Waals surface area contributed by atoms with E-state index >= 15 is 0 Å². The molecule has 2 saturated carbocycles. The van der Waals surface area contributed by atoms with Crippen LogP contribution in [-0.2, 0) is 9.59 Å². The Morgan fingerprint density at radius 3 is 1.86 bits per heavy atom. The molecule has 0 aliphatic heterocycles. The summed E-state index contributed by atoms with van der Waals surface area (Å²) in [6, 6.07) is 0. The number of hydrogen-bond donors (Lipinski definition) is 2. The summed E-state index contributed by atoms with van der Waals surface area (Å²) in [5, 5.41) is 11.8. The lowest BCUT2D eigenvalue weighted by Crippen LogP contribution is -2.55. The molecule has 0 aromatic heterocycles. The Hall–Kier alpha value is -1.27. The molecule has 1 unspecified atom stereocenters. The lowest BCUT2D eigenvalue weighted by Gasteiger charge is -2.32. The smallest absolute Gasteiger partial charge is 0.391 e. The second-order valence-corrected chi connectivity index (χ2v) is 6.36. The summed E-state index contributed by atoms with van der Waals surface area (Å²) >= 11 is 0. The number of carboxylic acids is 1. The molecule has 0 saturated heterocycles. The maximum Gasteiger partial charge on any atom is 0.391 e. The van der Waals surface area contributed by atoms with E-state index in [4.69, 9.17) is 0 Å². The van der Waals surface area contributed by atoms with E-state index < -0.39 is 35.4 Å². The van der Waals surface area contributed by atoms with Crippen molar-refractivity contribution in [1.82, 2.24) is 5.32 Å². The van der Waals surface area contributed by atoms with Gasteiger partial charge >= 0.3 is 12.1 Å². The number of rotatable bonds is 4. The van der Waals surface area contributed by atoms with Gasteiger partial charge in [0.25, 0.3) is 0 Å². The molecule has 0 bridgehead atoms. The Balaban J connectivity index is 1.92. The van der Waals surface area contributed by atoms with Crippen molar-refractivity contribution in [3.05, 3.63) is 0 Å². The fourth-order valence-electron chi connectivity index (χ4n) is 3.03. The number of carboxylic acid groups (broad SMARTS) is 1. The van der Waals surface area contributed by atoms with E-state index in [1.54, 1.807) is 0 Å². The van der Waals surface area contributed by atoms with Gasteiger partial charge in [0.05, 0.1) is 5.92 Å². The number of aliphatic carboxylic acids is 1. The quantitative estimate of drug-likeness (QED) is 0.839. The van der Waals surface area contributed by atoms with Crippen LogP contribution in [0.4, 0.5) is 13.2 Å². The fraction of sp³-hybridized carbons (Fsp3) is 0.857. The number of alkyl halides is 3. The highest BCUT2D eigenvalue weighted by atomic mass is 19.4. The van der Waals surface area contributed by atoms with Crippen LogP contribution in [0.1, 0.15) is 45.4 Å². The van der Waals surface area contributed by atoms with Crippen LogP contribution < -0.4 is 5.32 Å². The maximum atomic E-state index is 12.6. The summed E-state index contributed by atoms with van der Waals surface area (Å²) in [6.45, 7) is 1.48. The van der Waals surface area contributed by atoms with Gasteiger partial charge in [-0.2, -0.15) is 13.2 Å². The number of hydrogen-bond acceptors (Lipinski definition) is 2. The zero-order chi connectivity index (χ0) is 15.8. The van der Waals surface area contributed by atoms with Crippen molar-refractivity contribution >= 4 is 11.9 Å². The summed E-state index contributed by atoms with van der Waals surface area (Å²) < 4.78 is 37.7. The SMILES string of the molecule is CC(NC(=O)C1CCC(C(F)(F)F)CC1)(C(=O)O)C1CC1. The molecule has 2 aliphatic carbocycles. The number of nitrogens with one attached hydrogen (secondary N) is 1. The highest BCUT2D eigenvalue weighted by Crippen LogP contribution is 2.42. The molecule has 0 radical (unpaired) electrons. The van der Waals surface area contributed by atoms with Crippen molar-refractivity contribution in [3.8, 4) is 0 Å². The third-order valence-corrected chi connectivity index (χ3v) is 4.78. The van der Waals surface area contributed by atoms with Gasteiger partial charge in [0.1, 0.15) is 5.54 Å². The Labute approximate surface area is 121 Å². The normalized spacial score (nSPS) is 29.5. The molecule has 0 heterocycles. The van der Waals surface area contributed by atoms with Gasteiger partial charge in [0.2, 0.25) is 5.91 Å². The summed E-state index contributed by atoms with van der Waals surface area (Å²) in [4.78, 5) is 23.5. The predicted molar refractivity (Wildman–Crippen MR) is 68.4 cm³/mol. The molecule has 21 heavy (non-hydrogen) atoms. The number of amides is 1. The van der Waals surface area contributed by atoms with E-state index in [0.29, 0.717) is 0 Å². The molecule has 0 spiro atoms. The van der Waals surface area contributed by atoms with E-state index in [1.165, 1.54) is 6.92 Å². The first kappa shape index (κ1) is 16.1. The Morgan fingerprint density at radius 2 is 1.48 bits per heavy atom. The van der Waals surface area contributed by atoms with Gasteiger partial charge in [-0.3, -0.25) is 4.79 Å². The first-order chi connectivity index (χ1) is 9.64. The third-order valence-electron chi connectivity index (χ3n) is 4.78. The molecule has 0 aromatic rings. The summed E-state index contributed by atoms with van der Waals surface area (Å²) in [7, 11) is 0. The third kappa shape index (κ3) is 3.49. The van der Waals surface area contributed by atoms with Crippen LogP contribution in [0, 0.1) is 17.8 Å². The average molecular weight is 307 g/mol. The van der Waals surface area contributed by atoms with Crippen molar-refractivity contribution in [2.45, 2.75) is 57.2 Å². The van der Waals surface area contributed by atoms with E-state index in [-0.39, 0.29) is 31.6 Å². The van der Waals surface area contributed by atoms with Crippen molar-refractivity contribution in [2.75, 3.05) is 0 Å². The van der Waals surface area contributed by atoms with Crippen LogP contribution in [0.2, 0.25) is 0 Å². The van der Waals surface area contributed by atoms with Crippen LogP contribution >= 0.6 is 0 Å². The molecule has 1 amide bonds. The standard InChI is InChI=1S/C14H20F3NO3/c1-13(12(20)21,9-6-7-9)18-11(19)8-2-4-10(5-3-8)14(15,16)17/h8-10H,2-7H2,1H3,(H,18,19)(H,20,21). The van der Waals surface area contributed by atoms with Crippen molar-refractivity contribution in [2.24, 2.45) is 17.8 Å². The number of halogens is 3. The second-order valence-electron chi connectivity index (χ2n) is 6.36. The zero-order valence-corrected chi connectivity index (χ0v) is 11.9. The highest BCUT2D eigenvalue weighted by molar-refractivity contribution is 5.88. The lowest BCUT2D eigenvalue weighted by atomic mass is 9.80.